The summed E-state index contributed by atoms with van der Waals surface area (Å²) < 4.78 is 26.3. The average Bonchev–Trinajstić information content (AvgIpc) is 3.14. The molecule has 101 valence electrons. The Morgan fingerprint density at radius 1 is 1.35 bits per heavy atom. The highest BCUT2D eigenvalue weighted by Crippen LogP contribution is 2.09. The molecule has 1 radical (unpaired) electrons. The van der Waals surface area contributed by atoms with E-state index in [1.807, 2.05) is 0 Å². The van der Waals surface area contributed by atoms with Gasteiger partial charge in [0.1, 0.15) is 6.10 Å². The largest absolute Gasteiger partial charge is 0.412 e. The Hall–Kier alpha value is 0.0169. The summed E-state index contributed by atoms with van der Waals surface area (Å²) in [5, 5.41) is 0. The summed E-state index contributed by atoms with van der Waals surface area (Å²) in [4.78, 5) is 0. The van der Waals surface area contributed by atoms with Crippen molar-refractivity contribution in [2.24, 2.45) is 0 Å². The lowest BCUT2D eigenvalue weighted by Crippen LogP contribution is -2.25. The molecule has 5 nitrogen and oxygen atoms in total. The topological polar surface area (TPSA) is 49.5 Å². The van der Waals surface area contributed by atoms with Gasteiger partial charge in [0.15, 0.2) is 6.29 Å². The summed E-state index contributed by atoms with van der Waals surface area (Å²) in [7, 11) is 2.48. The van der Waals surface area contributed by atoms with Crippen LogP contribution in [-0.4, -0.2) is 62.1 Å². The smallest absolute Gasteiger partial charge is 0.208 e. The van der Waals surface area contributed by atoms with Crippen LogP contribution in [0.3, 0.4) is 0 Å². The number of epoxide rings is 1. The maximum absolute atomic E-state index is 5.70. The van der Waals surface area contributed by atoms with Crippen molar-refractivity contribution in [3.8, 4) is 0 Å². The fourth-order valence-corrected chi connectivity index (χ4v) is 2.52. The highest BCUT2D eigenvalue weighted by atomic mass is 28.3. The van der Waals surface area contributed by atoms with Crippen LogP contribution in [0.5, 0.6) is 0 Å². The normalized spacial score (nSPS) is 19.2. The first-order valence-corrected chi connectivity index (χ1v) is 8.08. The summed E-state index contributed by atoms with van der Waals surface area (Å²) in [6.45, 7) is 5.05. The predicted molar refractivity (Wildman–Crippen MR) is 65.4 cm³/mol. The molecule has 1 fully saturated rings. The Labute approximate surface area is 105 Å². The second-order valence-corrected chi connectivity index (χ2v) is 6.24. The van der Waals surface area contributed by atoms with E-state index in [0.29, 0.717) is 12.7 Å². The van der Waals surface area contributed by atoms with Crippen LogP contribution in [0.25, 0.3) is 0 Å². The molecule has 0 aromatic carbocycles. The van der Waals surface area contributed by atoms with Crippen LogP contribution in [0.4, 0.5) is 0 Å². The van der Waals surface area contributed by atoms with Crippen LogP contribution in [0, 0.1) is 0 Å². The number of rotatable bonds is 11. The van der Waals surface area contributed by atoms with Gasteiger partial charge < -0.3 is 23.4 Å². The fraction of sp³-hybridized carbons (Fsp3) is 1.00. The van der Waals surface area contributed by atoms with Crippen molar-refractivity contribution in [2.75, 3.05) is 40.6 Å². The van der Waals surface area contributed by atoms with Crippen LogP contribution in [0.1, 0.15) is 6.42 Å². The van der Waals surface area contributed by atoms with E-state index >= 15 is 0 Å². The Balaban J connectivity index is 1.87. The van der Waals surface area contributed by atoms with Crippen molar-refractivity contribution in [3.05, 3.63) is 0 Å². The third-order valence-corrected chi connectivity index (χ3v) is 4.23. The molecule has 0 spiro atoms. The van der Waals surface area contributed by atoms with Crippen LogP contribution < -0.4 is 0 Å². The lowest BCUT2D eigenvalue weighted by atomic mass is 10.5. The molecule has 0 bridgehead atoms. The molecular weight excluding hydrogens is 240 g/mol. The number of methoxy groups -OCH3 is 2. The molecule has 0 aromatic rings. The van der Waals surface area contributed by atoms with E-state index < -0.39 is 9.04 Å². The molecule has 1 unspecified atom stereocenters. The van der Waals surface area contributed by atoms with Crippen molar-refractivity contribution in [3.63, 3.8) is 0 Å². The molecule has 0 amide bonds. The standard InChI is InChI=1S/C11H23O5Si/c1-12-11(13-2)9-16-17(3)6-4-5-14-7-10-8-15-10/h10-11H,4-9H2,1-3H3. The Bertz CT molecular complexity index is 185. The molecule has 0 aromatic heterocycles. The lowest BCUT2D eigenvalue weighted by Gasteiger charge is -2.16. The molecule has 6 heteroatoms. The first-order valence-electron chi connectivity index (χ1n) is 5.96. The average molecular weight is 263 g/mol. The second-order valence-electron chi connectivity index (χ2n) is 4.05. The third-order valence-electron chi connectivity index (χ3n) is 2.52. The van der Waals surface area contributed by atoms with E-state index in [9.17, 15) is 0 Å². The SMILES string of the molecule is COC(CO[Si](C)CCCOCC1CO1)OC. The molecule has 1 heterocycles. The van der Waals surface area contributed by atoms with Gasteiger partial charge in [0.2, 0.25) is 9.04 Å². The maximum Gasteiger partial charge on any atom is 0.208 e. The van der Waals surface area contributed by atoms with E-state index in [0.717, 1.165) is 32.3 Å². The van der Waals surface area contributed by atoms with Gasteiger partial charge in [-0.1, -0.05) is 0 Å². The summed E-state index contributed by atoms with van der Waals surface area (Å²) in [6, 6.07) is 1.08. The first kappa shape index (κ1) is 15.1. The fourth-order valence-electron chi connectivity index (χ4n) is 1.32. The summed E-state index contributed by atoms with van der Waals surface area (Å²) in [5.41, 5.74) is 0. The van der Waals surface area contributed by atoms with E-state index in [4.69, 9.17) is 23.4 Å². The van der Waals surface area contributed by atoms with Gasteiger partial charge in [-0.25, -0.2) is 0 Å². The molecule has 0 aliphatic carbocycles. The minimum Gasteiger partial charge on any atom is -0.412 e. The van der Waals surface area contributed by atoms with Crippen LogP contribution >= 0.6 is 0 Å². The van der Waals surface area contributed by atoms with Crippen molar-refractivity contribution in [1.29, 1.82) is 0 Å². The number of hydrogen-bond donors (Lipinski definition) is 0. The Morgan fingerprint density at radius 3 is 2.65 bits per heavy atom. The Morgan fingerprint density at radius 2 is 2.06 bits per heavy atom. The molecule has 1 aliphatic rings. The lowest BCUT2D eigenvalue weighted by molar-refractivity contribution is -0.122. The van der Waals surface area contributed by atoms with Gasteiger partial charge in [-0.15, -0.1) is 0 Å². The molecule has 17 heavy (non-hydrogen) atoms. The van der Waals surface area contributed by atoms with Gasteiger partial charge in [-0.3, -0.25) is 0 Å². The number of hydrogen-bond acceptors (Lipinski definition) is 5. The highest BCUT2D eigenvalue weighted by Gasteiger charge is 2.22. The van der Waals surface area contributed by atoms with Crippen molar-refractivity contribution in [2.45, 2.75) is 31.4 Å². The zero-order valence-electron chi connectivity index (χ0n) is 10.9. The van der Waals surface area contributed by atoms with Gasteiger partial charge in [0.05, 0.1) is 19.8 Å². The molecule has 0 N–H and O–H groups in total. The highest BCUT2D eigenvalue weighted by molar-refractivity contribution is 6.50. The maximum atomic E-state index is 5.70. The van der Waals surface area contributed by atoms with E-state index in [1.165, 1.54) is 0 Å². The minimum absolute atomic E-state index is 0.252. The zero-order chi connectivity index (χ0) is 12.5. The molecule has 1 rings (SSSR count). The second kappa shape index (κ2) is 9.01. The first-order chi connectivity index (χ1) is 8.26. The monoisotopic (exact) mass is 263 g/mol. The van der Waals surface area contributed by atoms with Gasteiger partial charge in [-0.05, 0) is 19.0 Å². The molecule has 1 aliphatic heterocycles. The quantitative estimate of drug-likeness (QED) is 0.241. The van der Waals surface area contributed by atoms with E-state index in [2.05, 4.69) is 6.55 Å². The van der Waals surface area contributed by atoms with Gasteiger partial charge >= 0.3 is 0 Å². The molecule has 1 saturated heterocycles. The van der Waals surface area contributed by atoms with Crippen LogP contribution in [0.15, 0.2) is 0 Å². The molecule has 1 atom stereocenters. The predicted octanol–water partition coefficient (Wildman–Crippen LogP) is 1.05. The van der Waals surface area contributed by atoms with E-state index in [-0.39, 0.29) is 6.29 Å². The summed E-state index contributed by atoms with van der Waals surface area (Å²) in [6.07, 6.45) is 1.15. The van der Waals surface area contributed by atoms with E-state index in [1.54, 1.807) is 14.2 Å². The zero-order valence-corrected chi connectivity index (χ0v) is 11.9. The Kier molecular flexibility index (Phi) is 7.99. The summed E-state index contributed by atoms with van der Waals surface area (Å²) >= 11 is 0. The van der Waals surface area contributed by atoms with Crippen molar-refractivity contribution < 1.29 is 23.4 Å². The van der Waals surface area contributed by atoms with Crippen LogP contribution in [0.2, 0.25) is 12.6 Å². The van der Waals surface area contributed by atoms with Gasteiger partial charge in [-0.2, -0.15) is 0 Å². The van der Waals surface area contributed by atoms with Crippen LogP contribution in [-0.2, 0) is 23.4 Å². The minimum atomic E-state index is -0.761. The molecule has 0 saturated carbocycles. The van der Waals surface area contributed by atoms with Gasteiger partial charge in [0, 0.05) is 20.8 Å². The van der Waals surface area contributed by atoms with Gasteiger partial charge in [0.25, 0.3) is 0 Å². The number of ether oxygens (including phenoxy) is 4. The van der Waals surface area contributed by atoms with Crippen molar-refractivity contribution >= 4 is 9.04 Å². The molecular formula is C11H23O5Si. The third kappa shape index (κ3) is 7.85. The summed E-state index contributed by atoms with van der Waals surface area (Å²) in [5.74, 6) is 0. The van der Waals surface area contributed by atoms with Crippen molar-refractivity contribution in [1.82, 2.24) is 0 Å².